The first-order chi connectivity index (χ1) is 14.3. The van der Waals surface area contributed by atoms with E-state index in [0.717, 1.165) is 54.2 Å². The van der Waals surface area contributed by atoms with Gasteiger partial charge in [-0.3, -0.25) is 19.4 Å². The third-order valence-electron chi connectivity index (χ3n) is 5.41. The van der Waals surface area contributed by atoms with Crippen molar-refractivity contribution < 1.29 is 9.59 Å². The molecule has 2 aromatic rings. The van der Waals surface area contributed by atoms with Crippen molar-refractivity contribution in [1.29, 1.82) is 0 Å². The van der Waals surface area contributed by atoms with Gasteiger partial charge in [0.2, 0.25) is 11.8 Å². The number of halogens is 1. The SMILES string of the molecule is Cc1cc(Cl)ccc1NC(=O)CN1CCN(CC(=O)Nc2c(C)cccc2C)CC1. The Labute approximate surface area is 183 Å². The largest absolute Gasteiger partial charge is 0.325 e. The third kappa shape index (κ3) is 6.05. The zero-order valence-electron chi connectivity index (χ0n) is 17.8. The molecule has 0 spiro atoms. The van der Waals surface area contributed by atoms with Crippen molar-refractivity contribution in [3.63, 3.8) is 0 Å². The molecule has 1 aliphatic rings. The minimum absolute atomic E-state index is 0.00296. The smallest absolute Gasteiger partial charge is 0.238 e. The van der Waals surface area contributed by atoms with Crippen molar-refractivity contribution in [1.82, 2.24) is 9.80 Å². The maximum absolute atomic E-state index is 12.5. The zero-order valence-corrected chi connectivity index (χ0v) is 18.6. The molecular formula is C23H29ClN4O2. The molecule has 1 heterocycles. The van der Waals surface area contributed by atoms with Crippen molar-refractivity contribution in [3.05, 3.63) is 58.1 Å². The first-order valence-electron chi connectivity index (χ1n) is 10.2. The molecule has 3 rings (SSSR count). The van der Waals surface area contributed by atoms with Crippen LogP contribution in [0.2, 0.25) is 5.02 Å². The Balaban J connectivity index is 1.43. The Morgan fingerprint density at radius 2 is 1.37 bits per heavy atom. The van der Waals surface area contributed by atoms with Crippen molar-refractivity contribution >= 4 is 34.8 Å². The molecule has 0 atom stereocenters. The van der Waals surface area contributed by atoms with Gasteiger partial charge in [-0.25, -0.2) is 0 Å². The highest BCUT2D eigenvalue weighted by Gasteiger charge is 2.21. The van der Waals surface area contributed by atoms with Crippen LogP contribution >= 0.6 is 11.6 Å². The van der Waals surface area contributed by atoms with Crippen LogP contribution in [0.3, 0.4) is 0 Å². The summed E-state index contributed by atoms with van der Waals surface area (Å²) in [6, 6.07) is 11.4. The summed E-state index contributed by atoms with van der Waals surface area (Å²) < 4.78 is 0. The first kappa shape index (κ1) is 22.3. The lowest BCUT2D eigenvalue weighted by Gasteiger charge is -2.33. The molecular weight excluding hydrogens is 400 g/mol. The molecule has 30 heavy (non-hydrogen) atoms. The van der Waals surface area contributed by atoms with E-state index in [1.54, 1.807) is 6.07 Å². The number of hydrogen-bond donors (Lipinski definition) is 2. The monoisotopic (exact) mass is 428 g/mol. The number of anilines is 2. The van der Waals surface area contributed by atoms with E-state index in [4.69, 9.17) is 11.6 Å². The van der Waals surface area contributed by atoms with Crippen molar-refractivity contribution in [2.75, 3.05) is 49.9 Å². The normalized spacial score (nSPS) is 15.1. The van der Waals surface area contributed by atoms with Crippen LogP contribution in [0, 0.1) is 20.8 Å². The summed E-state index contributed by atoms with van der Waals surface area (Å²) >= 11 is 5.97. The quantitative estimate of drug-likeness (QED) is 0.739. The molecule has 0 aromatic heterocycles. The summed E-state index contributed by atoms with van der Waals surface area (Å²) in [7, 11) is 0. The summed E-state index contributed by atoms with van der Waals surface area (Å²) in [4.78, 5) is 29.1. The van der Waals surface area contributed by atoms with Crippen molar-refractivity contribution in [2.24, 2.45) is 0 Å². The molecule has 0 unspecified atom stereocenters. The molecule has 1 fully saturated rings. The summed E-state index contributed by atoms with van der Waals surface area (Å²) in [5, 5.41) is 6.64. The van der Waals surface area contributed by atoms with Gasteiger partial charge in [-0.1, -0.05) is 29.8 Å². The molecule has 0 bridgehead atoms. The number of carbonyl (C=O) groups excluding carboxylic acids is 2. The maximum Gasteiger partial charge on any atom is 0.238 e. The van der Waals surface area contributed by atoms with E-state index in [-0.39, 0.29) is 11.8 Å². The van der Waals surface area contributed by atoms with Crippen LogP contribution in [0.15, 0.2) is 36.4 Å². The van der Waals surface area contributed by atoms with E-state index in [0.29, 0.717) is 18.1 Å². The zero-order chi connectivity index (χ0) is 21.7. The van der Waals surface area contributed by atoms with Crippen LogP contribution in [0.5, 0.6) is 0 Å². The van der Waals surface area contributed by atoms with Crippen LogP contribution in [-0.4, -0.2) is 60.9 Å². The molecule has 0 saturated carbocycles. The molecule has 0 aliphatic carbocycles. The third-order valence-corrected chi connectivity index (χ3v) is 5.64. The Morgan fingerprint density at radius 1 is 0.833 bits per heavy atom. The van der Waals surface area contributed by atoms with E-state index < -0.39 is 0 Å². The van der Waals surface area contributed by atoms with Crippen LogP contribution < -0.4 is 10.6 Å². The fourth-order valence-corrected chi connectivity index (χ4v) is 3.89. The van der Waals surface area contributed by atoms with E-state index in [1.165, 1.54) is 0 Å². The lowest BCUT2D eigenvalue weighted by Crippen LogP contribution is -2.50. The predicted octanol–water partition coefficient (Wildman–Crippen LogP) is 3.46. The molecule has 6 nitrogen and oxygen atoms in total. The Kier molecular flexibility index (Phi) is 7.48. The summed E-state index contributed by atoms with van der Waals surface area (Å²) in [5.41, 5.74) is 4.75. The highest BCUT2D eigenvalue weighted by molar-refractivity contribution is 6.30. The van der Waals surface area contributed by atoms with Gasteiger partial charge in [-0.05, 0) is 55.7 Å². The second-order valence-corrected chi connectivity index (χ2v) is 8.31. The minimum Gasteiger partial charge on any atom is -0.325 e. The van der Waals surface area contributed by atoms with Crippen LogP contribution in [-0.2, 0) is 9.59 Å². The van der Waals surface area contributed by atoms with Gasteiger partial charge >= 0.3 is 0 Å². The Hall–Kier alpha value is -2.41. The molecule has 1 aliphatic heterocycles. The number of piperazine rings is 1. The van der Waals surface area contributed by atoms with Gasteiger partial charge < -0.3 is 10.6 Å². The van der Waals surface area contributed by atoms with Gasteiger partial charge in [0.05, 0.1) is 13.1 Å². The standard InChI is InChI=1S/C23H29ClN4O2/c1-16-5-4-6-17(2)23(16)26-22(30)15-28-11-9-27(10-12-28)14-21(29)25-20-8-7-19(24)13-18(20)3/h4-8,13H,9-12,14-15H2,1-3H3,(H,25,29)(H,26,30). The summed E-state index contributed by atoms with van der Waals surface area (Å²) in [6.45, 7) is 9.64. The molecule has 7 heteroatoms. The average Bonchev–Trinajstić information content (AvgIpc) is 2.69. The Bertz CT molecular complexity index is 903. The summed E-state index contributed by atoms with van der Waals surface area (Å²) in [5.74, 6) is -0.0431. The fourth-order valence-electron chi connectivity index (χ4n) is 3.66. The lowest BCUT2D eigenvalue weighted by atomic mass is 10.1. The van der Waals surface area contributed by atoms with Gasteiger partial charge in [0.1, 0.15) is 0 Å². The number of para-hydroxylation sites is 1. The minimum atomic E-state index is -0.0401. The molecule has 160 valence electrons. The van der Waals surface area contributed by atoms with Gasteiger partial charge in [0.15, 0.2) is 0 Å². The van der Waals surface area contributed by atoms with Crippen LogP contribution in [0.1, 0.15) is 16.7 Å². The van der Waals surface area contributed by atoms with Gasteiger partial charge in [0.25, 0.3) is 0 Å². The molecule has 2 aromatic carbocycles. The predicted molar refractivity (Wildman–Crippen MR) is 122 cm³/mol. The average molecular weight is 429 g/mol. The van der Waals surface area contributed by atoms with Gasteiger partial charge in [0, 0.05) is 42.6 Å². The van der Waals surface area contributed by atoms with Gasteiger partial charge in [-0.15, -0.1) is 0 Å². The number of nitrogens with zero attached hydrogens (tertiary/aromatic N) is 2. The number of nitrogens with one attached hydrogen (secondary N) is 2. The van der Waals surface area contributed by atoms with E-state index in [1.807, 2.05) is 51.1 Å². The number of aryl methyl sites for hydroxylation is 3. The van der Waals surface area contributed by atoms with E-state index >= 15 is 0 Å². The lowest BCUT2D eigenvalue weighted by molar-refractivity contribution is -0.120. The second-order valence-electron chi connectivity index (χ2n) is 7.87. The Morgan fingerprint density at radius 3 is 1.90 bits per heavy atom. The number of rotatable bonds is 6. The van der Waals surface area contributed by atoms with Crippen LogP contribution in [0.25, 0.3) is 0 Å². The fraction of sp³-hybridized carbons (Fsp3) is 0.391. The molecule has 2 N–H and O–H groups in total. The van der Waals surface area contributed by atoms with E-state index in [9.17, 15) is 9.59 Å². The highest BCUT2D eigenvalue weighted by Crippen LogP contribution is 2.20. The maximum atomic E-state index is 12.5. The topological polar surface area (TPSA) is 64.7 Å². The molecule has 0 radical (unpaired) electrons. The molecule has 1 saturated heterocycles. The second kappa shape index (κ2) is 10.1. The van der Waals surface area contributed by atoms with Crippen LogP contribution in [0.4, 0.5) is 11.4 Å². The summed E-state index contributed by atoms with van der Waals surface area (Å²) in [6.07, 6.45) is 0. The highest BCUT2D eigenvalue weighted by atomic mass is 35.5. The number of benzene rings is 2. The number of hydrogen-bond acceptors (Lipinski definition) is 4. The number of carbonyl (C=O) groups is 2. The van der Waals surface area contributed by atoms with Gasteiger partial charge in [-0.2, -0.15) is 0 Å². The van der Waals surface area contributed by atoms with Crippen molar-refractivity contribution in [3.8, 4) is 0 Å². The van der Waals surface area contributed by atoms with Crippen molar-refractivity contribution in [2.45, 2.75) is 20.8 Å². The first-order valence-corrected chi connectivity index (χ1v) is 10.6. The van der Waals surface area contributed by atoms with E-state index in [2.05, 4.69) is 20.4 Å². The number of amides is 2. The molecule has 2 amide bonds.